The molecule has 1 aromatic carbocycles. The van der Waals surface area contributed by atoms with Crippen LogP contribution in [0.3, 0.4) is 0 Å². The molecule has 3 aromatic rings. The van der Waals surface area contributed by atoms with Crippen LogP contribution in [0.25, 0.3) is 10.9 Å². The summed E-state index contributed by atoms with van der Waals surface area (Å²) in [6.45, 7) is 1.91. The molecular weight excluding hydrogens is 284 g/mol. The maximum Gasteiger partial charge on any atom is 0.252 e. The number of carbonyl (C=O) groups excluding carboxylic acids is 1. The van der Waals surface area contributed by atoms with Gasteiger partial charge < -0.3 is 11.1 Å². The highest BCUT2D eigenvalue weighted by Crippen LogP contribution is 2.21. The van der Waals surface area contributed by atoms with E-state index in [1.807, 2.05) is 36.6 Å². The number of nitrogens with two attached hydrogens (primary N) is 1. The Morgan fingerprint density at radius 1 is 1.38 bits per heavy atom. The molecule has 0 aliphatic heterocycles. The maximum atomic E-state index is 12.5. The number of rotatable bonds is 3. The Labute approximate surface area is 125 Å². The van der Waals surface area contributed by atoms with E-state index in [4.69, 9.17) is 5.73 Å². The third-order valence-corrected chi connectivity index (χ3v) is 4.11. The Kier molecular flexibility index (Phi) is 3.53. The first kappa shape index (κ1) is 13.5. The normalized spacial score (nSPS) is 12.2. The molecule has 0 saturated carbocycles. The molecule has 0 fully saturated rings. The van der Waals surface area contributed by atoms with E-state index < -0.39 is 0 Å². The van der Waals surface area contributed by atoms with Crippen molar-refractivity contribution in [1.82, 2.24) is 15.3 Å². The molecule has 0 radical (unpaired) electrons. The van der Waals surface area contributed by atoms with Gasteiger partial charge in [0.05, 0.1) is 17.1 Å². The average molecular weight is 298 g/mol. The quantitative estimate of drug-likeness (QED) is 0.779. The molecule has 1 atom stereocenters. The Bertz CT molecular complexity index is 785. The standard InChI is InChI=1S/C15H14N4OS/c1-9(15-17-6-7-21-15)18-14(20)11-8-13(16)19-12-5-3-2-4-10(11)12/h2-9H,1H3,(H2,16,19)(H,18,20). The first-order valence-corrected chi connectivity index (χ1v) is 7.38. The summed E-state index contributed by atoms with van der Waals surface area (Å²) in [6.07, 6.45) is 1.72. The second kappa shape index (κ2) is 5.49. The second-order valence-corrected chi connectivity index (χ2v) is 5.60. The van der Waals surface area contributed by atoms with E-state index in [9.17, 15) is 4.79 Å². The topological polar surface area (TPSA) is 80.9 Å². The molecule has 0 spiro atoms. The van der Waals surface area contributed by atoms with Crippen LogP contribution in [0.5, 0.6) is 0 Å². The number of aromatic nitrogens is 2. The van der Waals surface area contributed by atoms with Crippen LogP contribution in [0.2, 0.25) is 0 Å². The number of benzene rings is 1. The summed E-state index contributed by atoms with van der Waals surface area (Å²) in [5.41, 5.74) is 7.03. The number of thiazole rings is 1. The first-order valence-electron chi connectivity index (χ1n) is 6.50. The van der Waals surface area contributed by atoms with Crippen LogP contribution in [0.1, 0.15) is 28.3 Å². The van der Waals surface area contributed by atoms with Crippen molar-refractivity contribution in [2.75, 3.05) is 5.73 Å². The summed E-state index contributed by atoms with van der Waals surface area (Å²) in [5.74, 6) is 0.156. The summed E-state index contributed by atoms with van der Waals surface area (Å²) in [6, 6.07) is 8.91. The Morgan fingerprint density at radius 2 is 2.19 bits per heavy atom. The monoisotopic (exact) mass is 298 g/mol. The highest BCUT2D eigenvalue weighted by Gasteiger charge is 2.16. The van der Waals surface area contributed by atoms with Gasteiger partial charge in [-0.2, -0.15) is 0 Å². The van der Waals surface area contributed by atoms with Crippen molar-refractivity contribution in [2.24, 2.45) is 0 Å². The van der Waals surface area contributed by atoms with Gasteiger partial charge in [0, 0.05) is 17.0 Å². The highest BCUT2D eigenvalue weighted by molar-refractivity contribution is 7.09. The molecule has 3 N–H and O–H groups in total. The Balaban J connectivity index is 1.94. The molecule has 2 aromatic heterocycles. The van der Waals surface area contributed by atoms with Gasteiger partial charge in [0.1, 0.15) is 10.8 Å². The van der Waals surface area contributed by atoms with Crippen LogP contribution >= 0.6 is 11.3 Å². The lowest BCUT2D eigenvalue weighted by Gasteiger charge is -2.13. The van der Waals surface area contributed by atoms with Gasteiger partial charge in [-0.1, -0.05) is 18.2 Å². The van der Waals surface area contributed by atoms with Crippen molar-refractivity contribution in [3.05, 3.63) is 52.5 Å². The van der Waals surface area contributed by atoms with Crippen molar-refractivity contribution in [2.45, 2.75) is 13.0 Å². The molecule has 21 heavy (non-hydrogen) atoms. The SMILES string of the molecule is CC(NC(=O)c1cc(N)nc2ccccc12)c1nccs1. The van der Waals surface area contributed by atoms with Crippen molar-refractivity contribution in [1.29, 1.82) is 0 Å². The molecule has 1 unspecified atom stereocenters. The highest BCUT2D eigenvalue weighted by atomic mass is 32.1. The largest absolute Gasteiger partial charge is 0.384 e. The Morgan fingerprint density at radius 3 is 2.95 bits per heavy atom. The van der Waals surface area contributed by atoms with E-state index in [0.29, 0.717) is 16.9 Å². The fourth-order valence-electron chi connectivity index (χ4n) is 2.17. The fraction of sp³-hybridized carbons (Fsp3) is 0.133. The van der Waals surface area contributed by atoms with Crippen LogP contribution in [0, 0.1) is 0 Å². The van der Waals surface area contributed by atoms with E-state index >= 15 is 0 Å². The van der Waals surface area contributed by atoms with Crippen molar-refractivity contribution in [3.63, 3.8) is 0 Å². The summed E-state index contributed by atoms with van der Waals surface area (Å²) in [5, 5.41) is 6.49. The Hall–Kier alpha value is -2.47. The summed E-state index contributed by atoms with van der Waals surface area (Å²) >= 11 is 1.51. The van der Waals surface area contributed by atoms with Gasteiger partial charge >= 0.3 is 0 Å². The van der Waals surface area contributed by atoms with Gasteiger partial charge in [-0.3, -0.25) is 4.79 Å². The number of pyridine rings is 1. The van der Waals surface area contributed by atoms with Crippen molar-refractivity contribution >= 4 is 34.0 Å². The first-order chi connectivity index (χ1) is 10.1. The van der Waals surface area contributed by atoms with Crippen LogP contribution in [0.15, 0.2) is 41.9 Å². The van der Waals surface area contributed by atoms with Gasteiger partial charge in [0.25, 0.3) is 5.91 Å². The molecule has 2 heterocycles. The van der Waals surface area contributed by atoms with Crippen LogP contribution in [-0.4, -0.2) is 15.9 Å². The molecule has 0 saturated heterocycles. The zero-order valence-corrected chi connectivity index (χ0v) is 12.2. The van der Waals surface area contributed by atoms with E-state index in [1.165, 1.54) is 11.3 Å². The predicted octanol–water partition coefficient (Wildman–Crippen LogP) is 2.76. The molecule has 106 valence electrons. The molecule has 3 rings (SSSR count). The van der Waals surface area contributed by atoms with E-state index in [0.717, 1.165) is 10.4 Å². The number of nitrogen functional groups attached to an aromatic ring is 1. The number of amides is 1. The van der Waals surface area contributed by atoms with Crippen LogP contribution < -0.4 is 11.1 Å². The zero-order valence-electron chi connectivity index (χ0n) is 11.4. The number of nitrogens with one attached hydrogen (secondary N) is 1. The lowest BCUT2D eigenvalue weighted by molar-refractivity contribution is 0.0941. The van der Waals surface area contributed by atoms with Crippen molar-refractivity contribution in [3.8, 4) is 0 Å². The number of hydrogen-bond acceptors (Lipinski definition) is 5. The molecule has 0 bridgehead atoms. The minimum atomic E-state index is -0.178. The van der Waals surface area contributed by atoms with Crippen LogP contribution in [0.4, 0.5) is 5.82 Å². The minimum absolute atomic E-state index is 0.148. The lowest BCUT2D eigenvalue weighted by atomic mass is 10.1. The number of carbonyl (C=O) groups is 1. The maximum absolute atomic E-state index is 12.5. The number of nitrogens with zero attached hydrogens (tertiary/aromatic N) is 2. The van der Waals surface area contributed by atoms with Gasteiger partial charge in [0.15, 0.2) is 0 Å². The predicted molar refractivity (Wildman–Crippen MR) is 84.2 cm³/mol. The van der Waals surface area contributed by atoms with Crippen LogP contribution in [-0.2, 0) is 0 Å². The van der Waals surface area contributed by atoms with Gasteiger partial charge in [-0.05, 0) is 19.1 Å². The van der Waals surface area contributed by atoms with Gasteiger partial charge in [-0.25, -0.2) is 9.97 Å². The average Bonchev–Trinajstić information content (AvgIpc) is 3.00. The third-order valence-electron chi connectivity index (χ3n) is 3.15. The molecule has 0 aliphatic rings. The second-order valence-electron chi connectivity index (χ2n) is 4.68. The van der Waals surface area contributed by atoms with E-state index in [2.05, 4.69) is 15.3 Å². The number of fused-ring (bicyclic) bond motifs is 1. The van der Waals surface area contributed by atoms with Crippen molar-refractivity contribution < 1.29 is 4.79 Å². The summed E-state index contributed by atoms with van der Waals surface area (Å²) in [4.78, 5) is 20.9. The molecule has 5 nitrogen and oxygen atoms in total. The van der Waals surface area contributed by atoms with E-state index in [1.54, 1.807) is 12.3 Å². The zero-order chi connectivity index (χ0) is 14.8. The van der Waals surface area contributed by atoms with Gasteiger partial charge in [-0.15, -0.1) is 11.3 Å². The third kappa shape index (κ3) is 2.71. The number of para-hydroxylation sites is 1. The molecular formula is C15H14N4OS. The molecule has 0 aliphatic carbocycles. The lowest BCUT2D eigenvalue weighted by Crippen LogP contribution is -2.27. The number of anilines is 1. The molecule has 6 heteroatoms. The smallest absolute Gasteiger partial charge is 0.252 e. The van der Waals surface area contributed by atoms with E-state index in [-0.39, 0.29) is 11.9 Å². The minimum Gasteiger partial charge on any atom is -0.384 e. The summed E-state index contributed by atoms with van der Waals surface area (Å²) in [7, 11) is 0. The van der Waals surface area contributed by atoms with Gasteiger partial charge in [0.2, 0.25) is 0 Å². The summed E-state index contributed by atoms with van der Waals surface area (Å²) < 4.78 is 0. The molecule has 1 amide bonds. The number of hydrogen-bond donors (Lipinski definition) is 2. The fourth-order valence-corrected chi connectivity index (χ4v) is 2.81.